The van der Waals surface area contributed by atoms with E-state index in [1.807, 2.05) is 20.8 Å². The zero-order chi connectivity index (χ0) is 16.1. The highest BCUT2D eigenvalue weighted by Crippen LogP contribution is 2.14. The molecule has 6 heteroatoms. The molecule has 0 atom stereocenters. The first kappa shape index (κ1) is 17.8. The number of sulfonamides is 1. The summed E-state index contributed by atoms with van der Waals surface area (Å²) < 4.78 is 32.5. The summed E-state index contributed by atoms with van der Waals surface area (Å²) >= 11 is 0. The molecule has 21 heavy (non-hydrogen) atoms. The van der Waals surface area contributed by atoms with Crippen LogP contribution >= 0.6 is 0 Å². The standard InChI is InChI=1S/C15H23NO4S/c1-5-14(17)12-8-7-9-13(10-12)21(18,19)16-11-15(3,4)20-6-2/h7-10,16H,5-6,11H2,1-4H3. The monoisotopic (exact) mass is 313 g/mol. The van der Waals surface area contributed by atoms with Crippen LogP contribution in [0.2, 0.25) is 0 Å². The molecule has 1 aromatic rings. The van der Waals surface area contributed by atoms with Crippen molar-refractivity contribution in [1.82, 2.24) is 4.72 Å². The zero-order valence-electron chi connectivity index (χ0n) is 13.0. The molecule has 5 nitrogen and oxygen atoms in total. The van der Waals surface area contributed by atoms with Crippen LogP contribution in [0, 0.1) is 0 Å². The van der Waals surface area contributed by atoms with E-state index in [2.05, 4.69) is 4.72 Å². The number of hydrogen-bond acceptors (Lipinski definition) is 4. The van der Waals surface area contributed by atoms with Gasteiger partial charge in [-0.2, -0.15) is 0 Å². The molecule has 0 amide bonds. The van der Waals surface area contributed by atoms with Crippen LogP contribution in [-0.2, 0) is 14.8 Å². The van der Waals surface area contributed by atoms with E-state index < -0.39 is 15.6 Å². The highest BCUT2D eigenvalue weighted by Gasteiger charge is 2.22. The summed E-state index contributed by atoms with van der Waals surface area (Å²) in [7, 11) is -3.66. The number of rotatable bonds is 8. The summed E-state index contributed by atoms with van der Waals surface area (Å²) in [6.45, 7) is 7.90. The number of benzene rings is 1. The van der Waals surface area contributed by atoms with E-state index in [1.165, 1.54) is 12.1 Å². The molecule has 118 valence electrons. The molecule has 0 radical (unpaired) electrons. The lowest BCUT2D eigenvalue weighted by Crippen LogP contribution is -2.40. The molecule has 1 N–H and O–H groups in total. The molecule has 0 aliphatic carbocycles. The fraction of sp³-hybridized carbons (Fsp3) is 0.533. The second kappa shape index (κ2) is 7.15. The number of ether oxygens (including phenoxy) is 1. The van der Waals surface area contributed by atoms with Crippen LogP contribution in [0.25, 0.3) is 0 Å². The molecule has 0 saturated heterocycles. The quantitative estimate of drug-likeness (QED) is 0.748. The third-order valence-electron chi connectivity index (χ3n) is 3.01. The lowest BCUT2D eigenvalue weighted by Gasteiger charge is -2.24. The number of hydrogen-bond donors (Lipinski definition) is 1. The van der Waals surface area contributed by atoms with Crippen molar-refractivity contribution < 1.29 is 17.9 Å². The Morgan fingerprint density at radius 2 is 1.95 bits per heavy atom. The Hall–Kier alpha value is -1.24. The van der Waals surface area contributed by atoms with Gasteiger partial charge in [-0.3, -0.25) is 4.79 Å². The van der Waals surface area contributed by atoms with Gasteiger partial charge in [0.1, 0.15) is 0 Å². The van der Waals surface area contributed by atoms with Gasteiger partial charge in [-0.05, 0) is 32.9 Å². The van der Waals surface area contributed by atoms with Gasteiger partial charge >= 0.3 is 0 Å². The van der Waals surface area contributed by atoms with Crippen LogP contribution in [0.4, 0.5) is 0 Å². The van der Waals surface area contributed by atoms with Gasteiger partial charge in [-0.15, -0.1) is 0 Å². The lowest BCUT2D eigenvalue weighted by atomic mass is 10.1. The lowest BCUT2D eigenvalue weighted by molar-refractivity contribution is -0.00515. The molecule has 0 heterocycles. The van der Waals surface area contributed by atoms with Crippen LogP contribution in [0.5, 0.6) is 0 Å². The first-order valence-corrected chi connectivity index (χ1v) is 8.47. The molecule has 0 aromatic heterocycles. The normalized spacial score (nSPS) is 12.4. The largest absolute Gasteiger partial charge is 0.375 e. The highest BCUT2D eigenvalue weighted by atomic mass is 32.2. The predicted octanol–water partition coefficient (Wildman–Crippen LogP) is 2.37. The molecular weight excluding hydrogens is 290 g/mol. The average Bonchev–Trinajstić information content (AvgIpc) is 2.45. The van der Waals surface area contributed by atoms with Crippen molar-refractivity contribution in [1.29, 1.82) is 0 Å². The first-order chi connectivity index (χ1) is 9.72. The molecule has 1 aromatic carbocycles. The molecule has 0 saturated carbocycles. The molecule has 0 unspecified atom stereocenters. The minimum absolute atomic E-state index is 0.0818. The summed E-state index contributed by atoms with van der Waals surface area (Å²) in [5, 5.41) is 0. The van der Waals surface area contributed by atoms with Gasteiger partial charge in [0.25, 0.3) is 0 Å². The van der Waals surface area contributed by atoms with E-state index in [1.54, 1.807) is 19.1 Å². The van der Waals surface area contributed by atoms with Crippen molar-refractivity contribution >= 4 is 15.8 Å². The Labute approximate surface area is 126 Å². The predicted molar refractivity (Wildman–Crippen MR) is 82.0 cm³/mol. The van der Waals surface area contributed by atoms with Crippen LogP contribution in [0.1, 0.15) is 44.5 Å². The summed E-state index contributed by atoms with van der Waals surface area (Å²) in [4.78, 5) is 11.8. The van der Waals surface area contributed by atoms with E-state index >= 15 is 0 Å². The fourth-order valence-electron chi connectivity index (χ4n) is 1.83. The van der Waals surface area contributed by atoms with E-state index in [0.29, 0.717) is 18.6 Å². The highest BCUT2D eigenvalue weighted by molar-refractivity contribution is 7.89. The molecule has 0 spiro atoms. The van der Waals surface area contributed by atoms with Gasteiger partial charge in [0.05, 0.1) is 10.5 Å². The molecule has 0 aliphatic rings. The minimum atomic E-state index is -3.66. The number of Topliss-reactive ketones (excluding diaryl/α,β-unsaturated/α-hetero) is 1. The van der Waals surface area contributed by atoms with Crippen LogP contribution < -0.4 is 4.72 Å². The van der Waals surface area contributed by atoms with Gasteiger partial charge in [0, 0.05) is 25.1 Å². The van der Waals surface area contributed by atoms with Crippen molar-refractivity contribution in [3.05, 3.63) is 29.8 Å². The average molecular weight is 313 g/mol. The summed E-state index contributed by atoms with van der Waals surface area (Å²) in [5.41, 5.74) is -0.178. The molecule has 0 fully saturated rings. The molecule has 0 bridgehead atoms. The van der Waals surface area contributed by atoms with Crippen molar-refractivity contribution in [2.75, 3.05) is 13.2 Å². The van der Waals surface area contributed by atoms with E-state index in [0.717, 1.165) is 0 Å². The second-order valence-electron chi connectivity index (χ2n) is 5.32. The van der Waals surface area contributed by atoms with Gasteiger partial charge in [0.2, 0.25) is 10.0 Å². The summed E-state index contributed by atoms with van der Waals surface area (Å²) in [6.07, 6.45) is 0.342. The number of ketones is 1. The Balaban J connectivity index is 2.91. The zero-order valence-corrected chi connectivity index (χ0v) is 13.8. The smallest absolute Gasteiger partial charge is 0.240 e. The van der Waals surface area contributed by atoms with Crippen molar-refractivity contribution in [2.24, 2.45) is 0 Å². The van der Waals surface area contributed by atoms with Crippen LogP contribution in [-0.4, -0.2) is 33.0 Å². The third-order valence-corrected chi connectivity index (χ3v) is 4.41. The number of nitrogens with one attached hydrogen (secondary N) is 1. The minimum Gasteiger partial charge on any atom is -0.375 e. The maximum Gasteiger partial charge on any atom is 0.240 e. The van der Waals surface area contributed by atoms with E-state index in [4.69, 9.17) is 4.74 Å². The Bertz CT molecular complexity index is 593. The van der Waals surface area contributed by atoms with E-state index in [9.17, 15) is 13.2 Å². The van der Waals surface area contributed by atoms with Gasteiger partial charge in [0.15, 0.2) is 5.78 Å². The Morgan fingerprint density at radius 3 is 2.52 bits per heavy atom. The van der Waals surface area contributed by atoms with Gasteiger partial charge in [-0.1, -0.05) is 19.1 Å². The van der Waals surface area contributed by atoms with Crippen LogP contribution in [0.15, 0.2) is 29.2 Å². The maximum atomic E-state index is 12.3. The molecule has 0 aliphatic heterocycles. The number of carbonyl (C=O) groups excluding carboxylic acids is 1. The third kappa shape index (κ3) is 5.22. The van der Waals surface area contributed by atoms with Gasteiger partial charge in [-0.25, -0.2) is 13.1 Å². The SMILES string of the molecule is CCOC(C)(C)CNS(=O)(=O)c1cccc(C(=O)CC)c1. The van der Waals surface area contributed by atoms with Crippen molar-refractivity contribution in [3.63, 3.8) is 0 Å². The molecule has 1 rings (SSSR count). The van der Waals surface area contributed by atoms with Gasteiger partial charge < -0.3 is 4.74 Å². The van der Waals surface area contributed by atoms with E-state index in [-0.39, 0.29) is 17.2 Å². The number of carbonyl (C=O) groups is 1. The molecular formula is C15H23NO4S. The first-order valence-electron chi connectivity index (χ1n) is 6.98. The Morgan fingerprint density at radius 1 is 1.29 bits per heavy atom. The fourth-order valence-corrected chi connectivity index (χ4v) is 3.08. The second-order valence-corrected chi connectivity index (χ2v) is 7.09. The Kier molecular flexibility index (Phi) is 6.07. The maximum absolute atomic E-state index is 12.3. The van der Waals surface area contributed by atoms with Crippen LogP contribution in [0.3, 0.4) is 0 Å². The van der Waals surface area contributed by atoms with Crippen molar-refractivity contribution in [2.45, 2.75) is 44.6 Å². The van der Waals surface area contributed by atoms with Crippen molar-refractivity contribution in [3.8, 4) is 0 Å². The topological polar surface area (TPSA) is 72.5 Å². The summed E-state index contributed by atoms with van der Waals surface area (Å²) in [5.74, 6) is -0.0818. The summed E-state index contributed by atoms with van der Waals surface area (Å²) in [6, 6.07) is 6.07.